The van der Waals surface area contributed by atoms with Gasteiger partial charge in [-0.25, -0.2) is 9.59 Å². The minimum atomic E-state index is -0.977. The van der Waals surface area contributed by atoms with Crippen LogP contribution in [0.15, 0.2) is 48.5 Å². The van der Waals surface area contributed by atoms with Crippen molar-refractivity contribution in [2.24, 2.45) is 5.92 Å². The highest BCUT2D eigenvalue weighted by molar-refractivity contribution is 7.99. The van der Waals surface area contributed by atoms with E-state index in [1.807, 2.05) is 24.3 Å². The van der Waals surface area contributed by atoms with Crippen LogP contribution in [0, 0.1) is 5.92 Å². The molecule has 2 aliphatic carbocycles. The first-order chi connectivity index (χ1) is 17.0. The number of amides is 2. The van der Waals surface area contributed by atoms with Gasteiger partial charge in [-0.1, -0.05) is 55.0 Å². The van der Waals surface area contributed by atoms with E-state index in [9.17, 15) is 19.5 Å². The van der Waals surface area contributed by atoms with E-state index in [-0.39, 0.29) is 36.8 Å². The van der Waals surface area contributed by atoms with Gasteiger partial charge in [-0.3, -0.25) is 4.79 Å². The Balaban J connectivity index is 1.23. The van der Waals surface area contributed by atoms with E-state index in [1.165, 1.54) is 16.0 Å². The van der Waals surface area contributed by atoms with Crippen LogP contribution in [0.5, 0.6) is 0 Å². The molecule has 2 atom stereocenters. The Morgan fingerprint density at radius 3 is 2.31 bits per heavy atom. The molecule has 5 rings (SSSR count). The number of carboxylic acid groups (broad SMARTS) is 1. The molecule has 2 amide bonds. The van der Waals surface area contributed by atoms with Gasteiger partial charge in [-0.05, 0) is 41.0 Å². The Labute approximate surface area is 209 Å². The van der Waals surface area contributed by atoms with Crippen LogP contribution in [0.4, 0.5) is 4.79 Å². The van der Waals surface area contributed by atoms with Crippen molar-refractivity contribution in [3.63, 3.8) is 0 Å². The normalized spacial score (nSPS) is 20.3. The molecule has 0 radical (unpaired) electrons. The van der Waals surface area contributed by atoms with E-state index in [4.69, 9.17) is 4.74 Å². The maximum Gasteiger partial charge on any atom is 0.407 e. The van der Waals surface area contributed by atoms with Crippen LogP contribution in [0.1, 0.15) is 42.7 Å². The fraction of sp³-hybridized carbons (Fsp3) is 0.444. The molecule has 184 valence electrons. The van der Waals surface area contributed by atoms with Crippen molar-refractivity contribution >= 4 is 29.7 Å². The number of carbonyl (C=O) groups is 3. The molecule has 7 nitrogen and oxygen atoms in total. The van der Waals surface area contributed by atoms with Gasteiger partial charge in [0.25, 0.3) is 0 Å². The van der Waals surface area contributed by atoms with E-state index in [0.717, 1.165) is 36.1 Å². The summed E-state index contributed by atoms with van der Waals surface area (Å²) in [5.74, 6) is 0.114. The highest BCUT2D eigenvalue weighted by Gasteiger charge is 2.37. The number of carboxylic acids is 1. The molecule has 2 unspecified atom stereocenters. The van der Waals surface area contributed by atoms with Gasteiger partial charge in [0.05, 0.1) is 0 Å². The number of nitrogens with one attached hydrogen (secondary N) is 1. The minimum absolute atomic E-state index is 0.0286. The molecule has 35 heavy (non-hydrogen) atoms. The summed E-state index contributed by atoms with van der Waals surface area (Å²) in [6.45, 7) is 0.637. The standard InChI is InChI=1S/C27H30N2O5S/c30-25(29-12-13-35-16-24(29)26(31)32)14-23(17-6-5-7-17)28-27(33)34-15-22-20-10-3-1-8-18(20)19-9-2-4-11-21(19)22/h1-4,8-11,17,22-24H,5-7,12-16H2,(H,28,33)(H,31,32). The summed E-state index contributed by atoms with van der Waals surface area (Å²) in [5, 5.41) is 12.5. The summed E-state index contributed by atoms with van der Waals surface area (Å²) in [4.78, 5) is 39.0. The fourth-order valence-corrected chi connectivity index (χ4v) is 6.42. The molecule has 2 aromatic rings. The first kappa shape index (κ1) is 23.7. The third-order valence-electron chi connectivity index (χ3n) is 7.49. The summed E-state index contributed by atoms with van der Waals surface area (Å²) in [6, 6.07) is 15.2. The Bertz CT molecular complexity index is 1070. The molecule has 2 fully saturated rings. The fourth-order valence-electron chi connectivity index (χ4n) is 5.38. The van der Waals surface area contributed by atoms with Gasteiger partial charge in [-0.2, -0.15) is 11.8 Å². The van der Waals surface area contributed by atoms with Crippen molar-refractivity contribution in [2.75, 3.05) is 24.7 Å². The van der Waals surface area contributed by atoms with Crippen LogP contribution in [0.25, 0.3) is 11.1 Å². The lowest BCUT2D eigenvalue weighted by Crippen LogP contribution is -2.53. The molecule has 0 bridgehead atoms. The molecule has 2 N–H and O–H groups in total. The minimum Gasteiger partial charge on any atom is -0.480 e. The van der Waals surface area contributed by atoms with E-state index in [2.05, 4.69) is 29.6 Å². The van der Waals surface area contributed by atoms with Gasteiger partial charge in [0.2, 0.25) is 5.91 Å². The highest BCUT2D eigenvalue weighted by Crippen LogP contribution is 2.44. The number of hydrogen-bond acceptors (Lipinski definition) is 5. The van der Waals surface area contributed by atoms with Crippen molar-refractivity contribution in [2.45, 2.75) is 43.7 Å². The topological polar surface area (TPSA) is 95.9 Å². The second-order valence-electron chi connectivity index (χ2n) is 9.49. The molecule has 3 aliphatic rings. The Kier molecular flexibility index (Phi) is 7.00. The van der Waals surface area contributed by atoms with Crippen molar-refractivity contribution < 1.29 is 24.2 Å². The number of fused-ring (bicyclic) bond motifs is 3. The van der Waals surface area contributed by atoms with Gasteiger partial charge in [0.15, 0.2) is 0 Å². The lowest BCUT2D eigenvalue weighted by Gasteiger charge is -2.37. The third kappa shape index (κ3) is 4.89. The van der Waals surface area contributed by atoms with E-state index >= 15 is 0 Å². The number of rotatable bonds is 7. The number of hydrogen-bond donors (Lipinski definition) is 2. The largest absolute Gasteiger partial charge is 0.480 e. The highest BCUT2D eigenvalue weighted by atomic mass is 32.2. The zero-order chi connectivity index (χ0) is 24.4. The maximum absolute atomic E-state index is 13.1. The van der Waals surface area contributed by atoms with Crippen LogP contribution in [0.2, 0.25) is 0 Å². The molecule has 1 saturated carbocycles. The molecular weight excluding hydrogens is 464 g/mol. The Hall–Kier alpha value is -3.00. The molecule has 1 saturated heterocycles. The van der Waals surface area contributed by atoms with Gasteiger partial charge < -0.3 is 20.1 Å². The zero-order valence-electron chi connectivity index (χ0n) is 19.5. The van der Waals surface area contributed by atoms with Gasteiger partial charge in [-0.15, -0.1) is 0 Å². The van der Waals surface area contributed by atoms with E-state index < -0.39 is 18.1 Å². The van der Waals surface area contributed by atoms with E-state index in [1.54, 1.807) is 11.8 Å². The summed E-state index contributed by atoms with van der Waals surface area (Å²) < 4.78 is 5.70. The summed E-state index contributed by atoms with van der Waals surface area (Å²) >= 11 is 1.55. The summed E-state index contributed by atoms with van der Waals surface area (Å²) in [6.07, 6.45) is 2.53. The predicted octanol–water partition coefficient (Wildman–Crippen LogP) is 4.11. The van der Waals surface area contributed by atoms with Gasteiger partial charge in [0, 0.05) is 36.4 Å². The quantitative estimate of drug-likeness (QED) is 0.601. The van der Waals surface area contributed by atoms with Crippen LogP contribution < -0.4 is 5.32 Å². The molecule has 1 heterocycles. The SMILES string of the molecule is O=C(NC(CC(=O)N1CCSCC1C(=O)O)C1CCC1)OCC1c2ccccc2-c2ccccc21. The number of nitrogens with zero attached hydrogens (tertiary/aromatic N) is 1. The smallest absolute Gasteiger partial charge is 0.407 e. The number of alkyl carbamates (subject to hydrolysis) is 1. The predicted molar refractivity (Wildman–Crippen MR) is 134 cm³/mol. The number of ether oxygens (including phenoxy) is 1. The second kappa shape index (κ2) is 10.3. The van der Waals surface area contributed by atoms with E-state index in [0.29, 0.717) is 12.3 Å². The average molecular weight is 495 g/mol. The maximum atomic E-state index is 13.1. The molecule has 2 aromatic carbocycles. The first-order valence-corrected chi connectivity index (χ1v) is 13.4. The molecular formula is C27H30N2O5S. The van der Waals surface area contributed by atoms with Crippen LogP contribution >= 0.6 is 11.8 Å². The Morgan fingerprint density at radius 2 is 1.71 bits per heavy atom. The number of thioether (sulfide) groups is 1. The number of aliphatic carboxylic acids is 1. The lowest BCUT2D eigenvalue weighted by atomic mass is 9.78. The van der Waals surface area contributed by atoms with Gasteiger partial charge >= 0.3 is 12.1 Å². The van der Waals surface area contributed by atoms with Crippen LogP contribution in [-0.4, -0.2) is 64.7 Å². The molecule has 0 aromatic heterocycles. The van der Waals surface area contributed by atoms with Crippen molar-refractivity contribution in [1.82, 2.24) is 10.2 Å². The van der Waals surface area contributed by atoms with Crippen molar-refractivity contribution in [3.05, 3.63) is 59.7 Å². The third-order valence-corrected chi connectivity index (χ3v) is 8.52. The zero-order valence-corrected chi connectivity index (χ0v) is 20.3. The summed E-state index contributed by atoms with van der Waals surface area (Å²) in [7, 11) is 0. The van der Waals surface area contributed by atoms with Crippen LogP contribution in [0.3, 0.4) is 0 Å². The number of carbonyl (C=O) groups excluding carboxylic acids is 2. The monoisotopic (exact) mass is 494 g/mol. The lowest BCUT2D eigenvalue weighted by molar-refractivity contribution is -0.149. The van der Waals surface area contributed by atoms with Crippen LogP contribution in [-0.2, 0) is 14.3 Å². The van der Waals surface area contributed by atoms with Gasteiger partial charge in [0.1, 0.15) is 12.6 Å². The number of benzene rings is 2. The molecule has 0 spiro atoms. The second-order valence-corrected chi connectivity index (χ2v) is 10.6. The first-order valence-electron chi connectivity index (χ1n) is 12.2. The van der Waals surface area contributed by atoms with Crippen molar-refractivity contribution in [3.8, 4) is 11.1 Å². The average Bonchev–Trinajstić information content (AvgIpc) is 3.15. The molecule has 8 heteroatoms. The van der Waals surface area contributed by atoms with Crippen molar-refractivity contribution in [1.29, 1.82) is 0 Å². The Morgan fingerprint density at radius 1 is 1.06 bits per heavy atom. The molecule has 1 aliphatic heterocycles. The summed E-state index contributed by atoms with van der Waals surface area (Å²) in [5.41, 5.74) is 4.63.